The quantitative estimate of drug-likeness (QED) is 0.709. The normalized spacial score (nSPS) is 9.94. The van der Waals surface area contributed by atoms with Gasteiger partial charge in [-0.1, -0.05) is 0 Å². The molecule has 1 heterocycles. The van der Waals surface area contributed by atoms with Gasteiger partial charge in [0.05, 0.1) is 12.3 Å². The van der Waals surface area contributed by atoms with Crippen molar-refractivity contribution in [3.05, 3.63) is 11.6 Å². The molecule has 4 N–H and O–H groups in total. The number of nitrogens with one attached hydrogen (secondary N) is 2. The van der Waals surface area contributed by atoms with Crippen LogP contribution >= 0.6 is 0 Å². The minimum Gasteiger partial charge on any atom is -0.477 e. The highest BCUT2D eigenvalue weighted by Crippen LogP contribution is 2.25. The van der Waals surface area contributed by atoms with Crippen molar-refractivity contribution in [2.45, 2.75) is 20.8 Å². The predicted molar refractivity (Wildman–Crippen MR) is 72.0 cm³/mol. The van der Waals surface area contributed by atoms with Crippen molar-refractivity contribution >= 4 is 17.4 Å². The number of carbonyl (C=O) groups excluding carboxylic acids is 1. The first-order chi connectivity index (χ1) is 8.63. The average Bonchev–Trinajstić information content (AvgIpc) is 2.34. The van der Waals surface area contributed by atoms with Crippen molar-refractivity contribution in [3.63, 3.8) is 0 Å². The number of nitrogens with two attached hydrogens (primary N) is 1. The molecule has 0 aliphatic carbocycles. The lowest BCUT2D eigenvalue weighted by Gasteiger charge is -2.13. The maximum absolute atomic E-state index is 11.9. The minimum atomic E-state index is -0.233. The zero-order valence-corrected chi connectivity index (χ0v) is 11.0. The summed E-state index contributed by atoms with van der Waals surface area (Å²) in [7, 11) is 0. The zero-order valence-electron chi connectivity index (χ0n) is 11.0. The number of amides is 1. The maximum atomic E-state index is 11.9. The van der Waals surface area contributed by atoms with E-state index in [1.54, 1.807) is 6.07 Å². The third-order valence-corrected chi connectivity index (χ3v) is 2.22. The molecule has 100 valence electrons. The van der Waals surface area contributed by atoms with E-state index in [9.17, 15) is 4.79 Å². The van der Waals surface area contributed by atoms with Gasteiger partial charge in [-0.05, 0) is 26.8 Å². The second-order valence-corrected chi connectivity index (χ2v) is 3.60. The summed E-state index contributed by atoms with van der Waals surface area (Å²) in [5, 5.41) is 5.73. The second kappa shape index (κ2) is 6.68. The van der Waals surface area contributed by atoms with Gasteiger partial charge in [0.15, 0.2) is 5.82 Å². The van der Waals surface area contributed by atoms with Gasteiger partial charge in [0, 0.05) is 13.1 Å². The largest absolute Gasteiger partial charge is 0.477 e. The van der Waals surface area contributed by atoms with Crippen LogP contribution in [0.15, 0.2) is 6.07 Å². The van der Waals surface area contributed by atoms with Crippen molar-refractivity contribution in [1.29, 1.82) is 0 Å². The van der Waals surface area contributed by atoms with Crippen LogP contribution in [0.25, 0.3) is 0 Å². The number of nitrogen functional groups attached to an aromatic ring is 1. The van der Waals surface area contributed by atoms with E-state index < -0.39 is 0 Å². The van der Waals surface area contributed by atoms with Crippen LogP contribution < -0.4 is 21.1 Å². The molecule has 1 aromatic rings. The fourth-order valence-corrected chi connectivity index (χ4v) is 1.49. The summed E-state index contributed by atoms with van der Waals surface area (Å²) in [5.74, 6) is 0.603. The van der Waals surface area contributed by atoms with Gasteiger partial charge in [-0.2, -0.15) is 4.98 Å². The van der Waals surface area contributed by atoms with Crippen LogP contribution in [0.5, 0.6) is 5.88 Å². The van der Waals surface area contributed by atoms with E-state index >= 15 is 0 Å². The Labute approximate surface area is 107 Å². The predicted octanol–water partition coefficient (Wildman–Crippen LogP) is 1.24. The molecule has 6 nitrogen and oxygen atoms in total. The summed E-state index contributed by atoms with van der Waals surface area (Å²) in [6.45, 7) is 7.31. The van der Waals surface area contributed by atoms with Gasteiger partial charge in [-0.3, -0.25) is 4.79 Å². The molecule has 0 atom stereocenters. The van der Waals surface area contributed by atoms with Gasteiger partial charge in [0.2, 0.25) is 5.88 Å². The molecule has 0 fully saturated rings. The van der Waals surface area contributed by atoms with Crippen molar-refractivity contribution in [1.82, 2.24) is 10.3 Å². The van der Waals surface area contributed by atoms with Crippen LogP contribution in [0.2, 0.25) is 0 Å². The first-order valence-electron chi connectivity index (χ1n) is 6.09. The Morgan fingerprint density at radius 2 is 2.11 bits per heavy atom. The number of pyridine rings is 1. The summed E-state index contributed by atoms with van der Waals surface area (Å²) in [4.78, 5) is 16.1. The Morgan fingerprint density at radius 1 is 1.39 bits per heavy atom. The van der Waals surface area contributed by atoms with Crippen LogP contribution in [0.4, 0.5) is 11.5 Å². The highest BCUT2D eigenvalue weighted by Gasteiger charge is 2.16. The Bertz CT molecular complexity index is 421. The van der Waals surface area contributed by atoms with Crippen molar-refractivity contribution in [2.75, 3.05) is 30.7 Å². The van der Waals surface area contributed by atoms with Gasteiger partial charge >= 0.3 is 0 Å². The molecule has 0 bridgehead atoms. The van der Waals surface area contributed by atoms with E-state index in [4.69, 9.17) is 10.5 Å². The molecule has 1 amide bonds. The van der Waals surface area contributed by atoms with E-state index in [1.807, 2.05) is 20.8 Å². The van der Waals surface area contributed by atoms with Gasteiger partial charge in [-0.15, -0.1) is 0 Å². The Kier molecular flexibility index (Phi) is 5.23. The monoisotopic (exact) mass is 252 g/mol. The SMILES string of the molecule is CCNC(=O)c1cc(N)c(NCC)nc1OCC. The zero-order chi connectivity index (χ0) is 13.5. The van der Waals surface area contributed by atoms with Crippen molar-refractivity contribution < 1.29 is 9.53 Å². The summed E-state index contributed by atoms with van der Waals surface area (Å²) in [6.07, 6.45) is 0. The Hall–Kier alpha value is -1.98. The fourth-order valence-electron chi connectivity index (χ4n) is 1.49. The highest BCUT2D eigenvalue weighted by atomic mass is 16.5. The van der Waals surface area contributed by atoms with Crippen LogP contribution in [0.3, 0.4) is 0 Å². The van der Waals surface area contributed by atoms with Gasteiger partial charge < -0.3 is 21.1 Å². The molecule has 18 heavy (non-hydrogen) atoms. The third kappa shape index (κ3) is 3.26. The molecule has 6 heteroatoms. The average molecular weight is 252 g/mol. The lowest BCUT2D eigenvalue weighted by atomic mass is 10.2. The number of hydrogen-bond acceptors (Lipinski definition) is 5. The molecule has 0 aliphatic heterocycles. The maximum Gasteiger partial charge on any atom is 0.256 e. The molecule has 0 radical (unpaired) electrons. The van der Waals surface area contributed by atoms with Gasteiger partial charge in [-0.25, -0.2) is 0 Å². The molecule has 1 rings (SSSR count). The van der Waals surface area contributed by atoms with E-state index in [0.717, 1.165) is 0 Å². The minimum absolute atomic E-state index is 0.233. The topological polar surface area (TPSA) is 89.3 Å². The third-order valence-electron chi connectivity index (χ3n) is 2.22. The van der Waals surface area contributed by atoms with Crippen LogP contribution in [0, 0.1) is 0 Å². The molecule has 1 aromatic heterocycles. The summed E-state index contributed by atoms with van der Waals surface area (Å²) in [6, 6.07) is 1.58. The van der Waals surface area contributed by atoms with Crippen LogP contribution in [-0.2, 0) is 0 Å². The van der Waals surface area contributed by atoms with E-state index in [1.165, 1.54) is 0 Å². The smallest absolute Gasteiger partial charge is 0.256 e. The Morgan fingerprint density at radius 3 is 2.67 bits per heavy atom. The lowest BCUT2D eigenvalue weighted by Crippen LogP contribution is -2.24. The Balaban J connectivity index is 3.15. The summed E-state index contributed by atoms with van der Waals surface area (Å²) >= 11 is 0. The number of rotatable bonds is 6. The molecule has 0 saturated carbocycles. The first kappa shape index (κ1) is 14.1. The summed E-state index contributed by atoms with van der Waals surface area (Å²) < 4.78 is 5.38. The molecule has 0 aliphatic rings. The van der Waals surface area contributed by atoms with Gasteiger partial charge in [0.25, 0.3) is 5.91 Å². The van der Waals surface area contributed by atoms with E-state index in [2.05, 4.69) is 15.6 Å². The second-order valence-electron chi connectivity index (χ2n) is 3.60. The molecular formula is C12H20N4O2. The molecule has 0 aromatic carbocycles. The van der Waals surface area contributed by atoms with Crippen LogP contribution in [-0.4, -0.2) is 30.6 Å². The number of hydrogen-bond donors (Lipinski definition) is 3. The van der Waals surface area contributed by atoms with Gasteiger partial charge in [0.1, 0.15) is 5.56 Å². The molecular weight excluding hydrogens is 232 g/mol. The molecule has 0 spiro atoms. The molecule has 0 saturated heterocycles. The van der Waals surface area contributed by atoms with Crippen molar-refractivity contribution in [3.8, 4) is 5.88 Å². The first-order valence-corrected chi connectivity index (χ1v) is 6.09. The standard InChI is InChI=1S/C12H20N4O2/c1-4-14-10-9(13)7-8(11(17)15-5-2)12(16-10)18-6-3/h7H,4-6,13H2,1-3H3,(H,14,16)(H,15,17). The molecule has 0 unspecified atom stereocenters. The lowest BCUT2D eigenvalue weighted by molar-refractivity contribution is 0.0951. The number of aromatic nitrogens is 1. The van der Waals surface area contributed by atoms with Crippen molar-refractivity contribution in [2.24, 2.45) is 0 Å². The number of anilines is 2. The van der Waals surface area contributed by atoms with Crippen LogP contribution in [0.1, 0.15) is 31.1 Å². The fraction of sp³-hybridized carbons (Fsp3) is 0.500. The highest BCUT2D eigenvalue weighted by molar-refractivity contribution is 5.98. The number of nitrogens with zero attached hydrogens (tertiary/aromatic N) is 1. The number of carbonyl (C=O) groups is 1. The van der Waals surface area contributed by atoms with E-state index in [-0.39, 0.29) is 5.91 Å². The summed E-state index contributed by atoms with van der Waals surface area (Å²) in [5.41, 5.74) is 6.64. The number of ether oxygens (including phenoxy) is 1. The van der Waals surface area contributed by atoms with E-state index in [0.29, 0.717) is 42.6 Å².